The van der Waals surface area contributed by atoms with Gasteiger partial charge < -0.3 is 28.3 Å². The SMILES string of the molecule is COc1cc(OC)cc(-c2nnc(SCC(=O)N3CCCC3c3ccc4c(c3)OCCO4)o2)c1. The zero-order valence-electron chi connectivity index (χ0n) is 19.0. The number of hydrogen-bond acceptors (Lipinski definition) is 9. The number of fused-ring (bicyclic) bond motifs is 1. The second-order valence-corrected chi connectivity index (χ2v) is 8.84. The molecular formula is C24H25N3O6S. The quantitative estimate of drug-likeness (QED) is 0.462. The molecule has 1 fully saturated rings. The van der Waals surface area contributed by atoms with Crippen molar-refractivity contribution >= 4 is 17.7 Å². The van der Waals surface area contributed by atoms with Crippen molar-refractivity contribution in [3.8, 4) is 34.5 Å². The molecule has 0 radical (unpaired) electrons. The first kappa shape index (κ1) is 22.4. The molecule has 3 aromatic rings. The molecule has 1 amide bonds. The van der Waals surface area contributed by atoms with E-state index < -0.39 is 0 Å². The summed E-state index contributed by atoms with van der Waals surface area (Å²) in [5, 5.41) is 8.54. The zero-order valence-corrected chi connectivity index (χ0v) is 19.8. The van der Waals surface area contributed by atoms with Crippen molar-refractivity contribution < 1.29 is 28.2 Å². The monoisotopic (exact) mass is 483 g/mol. The van der Waals surface area contributed by atoms with Gasteiger partial charge >= 0.3 is 0 Å². The highest BCUT2D eigenvalue weighted by molar-refractivity contribution is 7.99. The van der Waals surface area contributed by atoms with E-state index in [0.29, 0.717) is 41.4 Å². The van der Waals surface area contributed by atoms with Crippen LogP contribution >= 0.6 is 11.8 Å². The fourth-order valence-corrected chi connectivity index (χ4v) is 4.85. The third-order valence-corrected chi connectivity index (χ3v) is 6.65. The van der Waals surface area contributed by atoms with Gasteiger partial charge in [-0.3, -0.25) is 4.79 Å². The van der Waals surface area contributed by atoms with E-state index in [1.165, 1.54) is 11.8 Å². The normalized spacial score (nSPS) is 17.0. The lowest BCUT2D eigenvalue weighted by Gasteiger charge is -2.26. The minimum Gasteiger partial charge on any atom is -0.497 e. The first-order chi connectivity index (χ1) is 16.6. The van der Waals surface area contributed by atoms with Crippen LogP contribution in [-0.4, -0.2) is 60.7 Å². The molecule has 0 aliphatic carbocycles. The van der Waals surface area contributed by atoms with Crippen molar-refractivity contribution in [1.29, 1.82) is 0 Å². The number of carbonyl (C=O) groups excluding carboxylic acids is 1. The second kappa shape index (κ2) is 9.84. The summed E-state index contributed by atoms with van der Waals surface area (Å²) < 4.78 is 27.7. The number of amides is 1. The third-order valence-electron chi connectivity index (χ3n) is 5.85. The van der Waals surface area contributed by atoms with Crippen LogP contribution in [0.1, 0.15) is 24.4 Å². The van der Waals surface area contributed by atoms with E-state index in [4.69, 9.17) is 23.4 Å². The van der Waals surface area contributed by atoms with Gasteiger partial charge in [0.15, 0.2) is 11.5 Å². The second-order valence-electron chi connectivity index (χ2n) is 7.91. The van der Waals surface area contributed by atoms with Crippen molar-refractivity contribution in [2.75, 3.05) is 39.7 Å². The Morgan fingerprint density at radius 3 is 2.59 bits per heavy atom. The lowest BCUT2D eigenvalue weighted by atomic mass is 10.0. The van der Waals surface area contributed by atoms with Crippen molar-refractivity contribution in [3.63, 3.8) is 0 Å². The smallest absolute Gasteiger partial charge is 0.277 e. The Morgan fingerprint density at radius 2 is 1.82 bits per heavy atom. The molecule has 10 heteroatoms. The number of carbonyl (C=O) groups is 1. The van der Waals surface area contributed by atoms with Crippen LogP contribution in [0.2, 0.25) is 0 Å². The van der Waals surface area contributed by atoms with E-state index in [2.05, 4.69) is 10.2 Å². The average molecular weight is 484 g/mol. The van der Waals surface area contributed by atoms with Crippen LogP contribution in [0.3, 0.4) is 0 Å². The highest BCUT2D eigenvalue weighted by Gasteiger charge is 2.31. The molecule has 0 saturated carbocycles. The van der Waals surface area contributed by atoms with Gasteiger partial charge in [0.2, 0.25) is 11.8 Å². The van der Waals surface area contributed by atoms with Gasteiger partial charge in [-0.2, -0.15) is 0 Å². The van der Waals surface area contributed by atoms with Crippen LogP contribution in [0.15, 0.2) is 46.0 Å². The van der Waals surface area contributed by atoms with Crippen LogP contribution in [0, 0.1) is 0 Å². The Balaban J connectivity index is 1.25. The maximum Gasteiger partial charge on any atom is 0.277 e. The Labute approximate surface area is 201 Å². The van der Waals surface area contributed by atoms with E-state index in [-0.39, 0.29) is 17.7 Å². The summed E-state index contributed by atoms with van der Waals surface area (Å²) in [7, 11) is 3.16. The number of thioether (sulfide) groups is 1. The van der Waals surface area contributed by atoms with Crippen molar-refractivity contribution in [2.45, 2.75) is 24.1 Å². The van der Waals surface area contributed by atoms with Gasteiger partial charge in [-0.25, -0.2) is 0 Å². The molecule has 1 aromatic heterocycles. The molecule has 2 aromatic carbocycles. The number of hydrogen-bond donors (Lipinski definition) is 0. The standard InChI is InChI=1S/C24H25N3O6S/c1-29-17-10-16(11-18(13-17)30-2)23-25-26-24(33-23)34-14-22(28)27-7-3-4-19(27)15-5-6-20-21(12-15)32-9-8-31-20/h5-6,10-13,19H,3-4,7-9,14H2,1-2H3. The molecule has 1 atom stereocenters. The average Bonchev–Trinajstić information content (AvgIpc) is 3.57. The van der Waals surface area contributed by atoms with E-state index in [1.54, 1.807) is 32.4 Å². The van der Waals surface area contributed by atoms with Crippen LogP contribution in [0.4, 0.5) is 0 Å². The molecular weight excluding hydrogens is 458 g/mol. The van der Waals surface area contributed by atoms with Gasteiger partial charge in [0.1, 0.15) is 24.7 Å². The van der Waals surface area contributed by atoms with Gasteiger partial charge in [0, 0.05) is 18.2 Å². The predicted molar refractivity (Wildman–Crippen MR) is 125 cm³/mol. The molecule has 5 rings (SSSR count). The number of methoxy groups -OCH3 is 2. The van der Waals surface area contributed by atoms with Gasteiger partial charge in [-0.15, -0.1) is 10.2 Å². The molecule has 0 spiro atoms. The van der Waals surface area contributed by atoms with Crippen LogP contribution in [0.5, 0.6) is 23.0 Å². The maximum absolute atomic E-state index is 13.1. The van der Waals surface area contributed by atoms with E-state index >= 15 is 0 Å². The topological polar surface area (TPSA) is 96.2 Å². The van der Waals surface area contributed by atoms with Crippen molar-refractivity contribution in [3.05, 3.63) is 42.0 Å². The summed E-state index contributed by atoms with van der Waals surface area (Å²) in [4.78, 5) is 15.0. The molecule has 34 heavy (non-hydrogen) atoms. The van der Waals surface area contributed by atoms with Gasteiger partial charge in [-0.1, -0.05) is 17.8 Å². The molecule has 1 saturated heterocycles. The number of nitrogens with zero attached hydrogens (tertiary/aromatic N) is 3. The van der Waals surface area contributed by atoms with Crippen molar-refractivity contribution in [2.24, 2.45) is 0 Å². The lowest BCUT2D eigenvalue weighted by Crippen LogP contribution is -2.32. The third kappa shape index (κ3) is 4.63. The first-order valence-electron chi connectivity index (χ1n) is 11.0. The Kier molecular flexibility index (Phi) is 6.48. The molecule has 2 aliphatic rings. The minimum absolute atomic E-state index is 0.0198. The Morgan fingerprint density at radius 1 is 1.06 bits per heavy atom. The Hall–Kier alpha value is -3.40. The molecule has 0 bridgehead atoms. The van der Waals surface area contributed by atoms with E-state index in [9.17, 15) is 4.79 Å². The summed E-state index contributed by atoms with van der Waals surface area (Å²) >= 11 is 1.23. The van der Waals surface area contributed by atoms with E-state index in [1.807, 2.05) is 23.1 Å². The molecule has 178 valence electrons. The summed E-state index contributed by atoms with van der Waals surface area (Å²) in [5.41, 5.74) is 1.74. The fourth-order valence-electron chi connectivity index (χ4n) is 4.20. The predicted octanol–water partition coefficient (Wildman–Crippen LogP) is 3.98. The van der Waals surface area contributed by atoms with Gasteiger partial charge in [0.25, 0.3) is 5.22 Å². The molecule has 1 unspecified atom stereocenters. The molecule has 0 N–H and O–H groups in total. The number of rotatable bonds is 7. The van der Waals surface area contributed by atoms with Crippen LogP contribution in [0.25, 0.3) is 11.5 Å². The Bertz CT molecular complexity index is 1160. The van der Waals surface area contributed by atoms with Crippen molar-refractivity contribution in [1.82, 2.24) is 15.1 Å². The fraction of sp³-hybridized carbons (Fsp3) is 0.375. The molecule has 9 nitrogen and oxygen atoms in total. The van der Waals surface area contributed by atoms with Gasteiger partial charge in [-0.05, 0) is 42.7 Å². The number of aromatic nitrogens is 2. The lowest BCUT2D eigenvalue weighted by molar-refractivity contribution is -0.129. The van der Waals surface area contributed by atoms with Crippen LogP contribution in [-0.2, 0) is 4.79 Å². The summed E-state index contributed by atoms with van der Waals surface area (Å²) in [5.74, 6) is 3.32. The van der Waals surface area contributed by atoms with Crippen LogP contribution < -0.4 is 18.9 Å². The van der Waals surface area contributed by atoms with E-state index in [0.717, 1.165) is 36.4 Å². The largest absolute Gasteiger partial charge is 0.497 e. The highest BCUT2D eigenvalue weighted by Crippen LogP contribution is 2.38. The zero-order chi connectivity index (χ0) is 23.5. The maximum atomic E-state index is 13.1. The summed E-state index contributed by atoms with van der Waals surface area (Å²) in [6.07, 6.45) is 1.87. The molecule has 3 heterocycles. The number of benzene rings is 2. The van der Waals surface area contributed by atoms with Gasteiger partial charge in [0.05, 0.1) is 26.0 Å². The number of ether oxygens (including phenoxy) is 4. The summed E-state index contributed by atoms with van der Waals surface area (Å²) in [6.45, 7) is 1.81. The minimum atomic E-state index is 0.0198. The summed E-state index contributed by atoms with van der Waals surface area (Å²) in [6, 6.07) is 11.3. The highest BCUT2D eigenvalue weighted by atomic mass is 32.2. The number of likely N-dealkylation sites (tertiary alicyclic amines) is 1. The molecule has 2 aliphatic heterocycles. The first-order valence-corrected chi connectivity index (χ1v) is 12.0.